The summed E-state index contributed by atoms with van der Waals surface area (Å²) in [6.45, 7) is 1.10. The highest BCUT2D eigenvalue weighted by Gasteiger charge is 2.27. The highest BCUT2D eigenvalue weighted by Crippen LogP contribution is 2.00. The fourth-order valence-corrected chi connectivity index (χ4v) is 1.45. The maximum absolute atomic E-state index is 11.8. The summed E-state index contributed by atoms with van der Waals surface area (Å²) in [5, 5.41) is 21.4. The fraction of sp³-hybridized carbons (Fsp3) is 0.545. The molecule has 2 unspecified atom stereocenters. The third-order valence-electron chi connectivity index (χ3n) is 2.38. The molecular formula is C11H17N3O7. The van der Waals surface area contributed by atoms with E-state index in [1.807, 2.05) is 0 Å². The maximum atomic E-state index is 11.8. The lowest BCUT2D eigenvalue weighted by Crippen LogP contribution is -2.53. The van der Waals surface area contributed by atoms with Gasteiger partial charge < -0.3 is 26.6 Å². The first kappa shape index (κ1) is 18.4. The van der Waals surface area contributed by atoms with Crippen LogP contribution in [0.1, 0.15) is 26.2 Å². The van der Waals surface area contributed by atoms with Crippen LogP contribution in [-0.2, 0) is 24.0 Å². The summed E-state index contributed by atoms with van der Waals surface area (Å²) in [5.74, 6) is -5.02. The van der Waals surface area contributed by atoms with E-state index in [-0.39, 0.29) is 6.42 Å². The lowest BCUT2D eigenvalue weighted by molar-refractivity contribution is -0.140. The minimum Gasteiger partial charge on any atom is -0.481 e. The molecule has 0 aromatic rings. The Labute approximate surface area is 119 Å². The molecule has 0 rings (SSSR count). The molecule has 3 amide bonds. The van der Waals surface area contributed by atoms with Crippen molar-refractivity contribution in [1.82, 2.24) is 10.6 Å². The van der Waals surface area contributed by atoms with Gasteiger partial charge in [-0.3, -0.25) is 24.0 Å². The Hall–Kier alpha value is -2.65. The smallest absolute Gasteiger partial charge is 0.305 e. The second kappa shape index (κ2) is 8.51. The molecule has 0 fully saturated rings. The highest BCUT2D eigenvalue weighted by atomic mass is 16.4. The summed E-state index contributed by atoms with van der Waals surface area (Å²) < 4.78 is 0. The Morgan fingerprint density at radius 3 is 1.95 bits per heavy atom. The van der Waals surface area contributed by atoms with E-state index in [2.05, 4.69) is 10.6 Å². The Morgan fingerprint density at radius 2 is 1.57 bits per heavy atom. The normalized spacial score (nSPS) is 12.8. The minimum absolute atomic E-state index is 0.240. The zero-order valence-electron chi connectivity index (χ0n) is 11.3. The number of rotatable bonds is 9. The molecule has 0 aromatic carbocycles. The predicted molar refractivity (Wildman–Crippen MR) is 67.9 cm³/mol. The average Bonchev–Trinajstić information content (AvgIpc) is 2.31. The van der Waals surface area contributed by atoms with E-state index < -0.39 is 54.6 Å². The molecular weight excluding hydrogens is 286 g/mol. The van der Waals surface area contributed by atoms with Gasteiger partial charge in [0.2, 0.25) is 17.7 Å². The molecule has 118 valence electrons. The number of nitrogens with one attached hydrogen (secondary N) is 2. The molecule has 0 aromatic heterocycles. The second-order valence-electron chi connectivity index (χ2n) is 4.25. The van der Waals surface area contributed by atoms with Gasteiger partial charge in [0.1, 0.15) is 12.1 Å². The first-order valence-electron chi connectivity index (χ1n) is 5.93. The van der Waals surface area contributed by atoms with E-state index in [1.54, 1.807) is 0 Å². The average molecular weight is 303 g/mol. The third-order valence-corrected chi connectivity index (χ3v) is 2.38. The van der Waals surface area contributed by atoms with E-state index in [9.17, 15) is 24.0 Å². The predicted octanol–water partition coefficient (Wildman–Crippen LogP) is -2.20. The van der Waals surface area contributed by atoms with Crippen molar-refractivity contribution >= 4 is 29.7 Å². The van der Waals surface area contributed by atoms with Crippen LogP contribution < -0.4 is 16.4 Å². The first-order chi connectivity index (χ1) is 9.63. The van der Waals surface area contributed by atoms with Gasteiger partial charge in [0.05, 0.1) is 6.42 Å². The molecule has 6 N–H and O–H groups in total. The number of hydrogen-bond acceptors (Lipinski definition) is 5. The van der Waals surface area contributed by atoms with Gasteiger partial charge in [0.15, 0.2) is 0 Å². The summed E-state index contributed by atoms with van der Waals surface area (Å²) in [4.78, 5) is 54.9. The Balaban J connectivity index is 4.80. The molecule has 0 saturated carbocycles. The number of carbonyl (C=O) groups excluding carboxylic acids is 3. The molecule has 2 atom stereocenters. The van der Waals surface area contributed by atoms with Gasteiger partial charge >= 0.3 is 11.9 Å². The molecule has 0 aliphatic rings. The summed E-state index contributed by atoms with van der Waals surface area (Å²) in [6, 6.07) is -2.65. The van der Waals surface area contributed by atoms with E-state index in [0.29, 0.717) is 0 Å². The SMILES string of the molecule is CC(=O)NC(CC(=O)O)C(=O)NC(CCC(=O)O)C(N)=O. The van der Waals surface area contributed by atoms with Crippen molar-refractivity contribution in [1.29, 1.82) is 0 Å². The van der Waals surface area contributed by atoms with Crippen molar-refractivity contribution in [3.05, 3.63) is 0 Å². The largest absolute Gasteiger partial charge is 0.481 e. The van der Waals surface area contributed by atoms with Crippen LogP contribution in [0.25, 0.3) is 0 Å². The Bertz CT molecular complexity index is 433. The second-order valence-corrected chi connectivity index (χ2v) is 4.25. The molecule has 21 heavy (non-hydrogen) atoms. The topological polar surface area (TPSA) is 176 Å². The van der Waals surface area contributed by atoms with Crippen LogP contribution in [0.4, 0.5) is 0 Å². The van der Waals surface area contributed by atoms with Crippen molar-refractivity contribution in [2.75, 3.05) is 0 Å². The number of carbonyl (C=O) groups is 5. The maximum Gasteiger partial charge on any atom is 0.305 e. The highest BCUT2D eigenvalue weighted by molar-refractivity contribution is 5.93. The van der Waals surface area contributed by atoms with Crippen molar-refractivity contribution in [3.63, 3.8) is 0 Å². The monoisotopic (exact) mass is 303 g/mol. The van der Waals surface area contributed by atoms with Gasteiger partial charge in [-0.1, -0.05) is 0 Å². The van der Waals surface area contributed by atoms with E-state index >= 15 is 0 Å². The number of carboxylic acids is 2. The van der Waals surface area contributed by atoms with Crippen molar-refractivity contribution in [2.24, 2.45) is 5.73 Å². The van der Waals surface area contributed by atoms with Crippen molar-refractivity contribution in [2.45, 2.75) is 38.3 Å². The quantitative estimate of drug-likeness (QED) is 0.321. The molecule has 0 radical (unpaired) electrons. The van der Waals surface area contributed by atoms with Crippen LogP contribution in [0.5, 0.6) is 0 Å². The third kappa shape index (κ3) is 8.18. The van der Waals surface area contributed by atoms with E-state index in [0.717, 1.165) is 6.92 Å². The van der Waals surface area contributed by atoms with Crippen LogP contribution in [0.2, 0.25) is 0 Å². The summed E-state index contributed by atoms with van der Waals surface area (Å²) in [5.41, 5.74) is 5.02. The van der Waals surface area contributed by atoms with E-state index in [1.165, 1.54) is 0 Å². The van der Waals surface area contributed by atoms with Crippen LogP contribution in [-0.4, -0.2) is 52.0 Å². The number of hydrogen-bond donors (Lipinski definition) is 5. The van der Waals surface area contributed by atoms with Crippen molar-refractivity contribution in [3.8, 4) is 0 Å². The molecule has 10 heteroatoms. The zero-order chi connectivity index (χ0) is 16.6. The van der Waals surface area contributed by atoms with E-state index in [4.69, 9.17) is 15.9 Å². The van der Waals surface area contributed by atoms with Crippen LogP contribution in [0.3, 0.4) is 0 Å². The minimum atomic E-state index is -1.38. The number of primary amides is 1. The number of carboxylic acid groups (broad SMARTS) is 2. The molecule has 0 heterocycles. The Morgan fingerprint density at radius 1 is 1.00 bits per heavy atom. The lowest BCUT2D eigenvalue weighted by atomic mass is 10.1. The standard InChI is InChI=1S/C11H17N3O7/c1-5(15)13-7(4-9(18)19)11(21)14-6(10(12)20)2-3-8(16)17/h6-7H,2-4H2,1H3,(H2,12,20)(H,13,15)(H,14,21)(H,16,17)(H,18,19). The van der Waals surface area contributed by atoms with Gasteiger partial charge in [-0.2, -0.15) is 0 Å². The van der Waals surface area contributed by atoms with Crippen molar-refractivity contribution < 1.29 is 34.2 Å². The number of aliphatic carboxylic acids is 2. The zero-order valence-corrected chi connectivity index (χ0v) is 11.3. The van der Waals surface area contributed by atoms with Gasteiger partial charge in [-0.05, 0) is 6.42 Å². The first-order valence-corrected chi connectivity index (χ1v) is 5.93. The van der Waals surface area contributed by atoms with Gasteiger partial charge in [0.25, 0.3) is 0 Å². The molecule has 0 bridgehead atoms. The summed E-state index contributed by atoms with van der Waals surface area (Å²) >= 11 is 0. The van der Waals surface area contributed by atoms with Gasteiger partial charge in [0, 0.05) is 13.3 Å². The Kier molecular flexibility index (Phi) is 7.43. The fourth-order valence-electron chi connectivity index (χ4n) is 1.45. The van der Waals surface area contributed by atoms with Crippen LogP contribution in [0, 0.1) is 0 Å². The number of amides is 3. The summed E-state index contributed by atoms with van der Waals surface area (Å²) in [6.07, 6.45) is -1.33. The molecule has 0 saturated heterocycles. The van der Waals surface area contributed by atoms with Crippen LogP contribution >= 0.6 is 0 Å². The molecule has 0 aliphatic heterocycles. The lowest BCUT2D eigenvalue weighted by Gasteiger charge is -2.20. The summed E-state index contributed by atoms with van der Waals surface area (Å²) in [7, 11) is 0. The molecule has 10 nitrogen and oxygen atoms in total. The molecule has 0 aliphatic carbocycles. The van der Waals surface area contributed by atoms with Gasteiger partial charge in [-0.25, -0.2) is 0 Å². The van der Waals surface area contributed by atoms with Crippen LogP contribution in [0.15, 0.2) is 0 Å². The van der Waals surface area contributed by atoms with Gasteiger partial charge in [-0.15, -0.1) is 0 Å². The molecule has 0 spiro atoms. The number of nitrogens with two attached hydrogens (primary N) is 1.